The third-order valence-corrected chi connectivity index (χ3v) is 3.40. The average Bonchev–Trinajstić information content (AvgIpc) is 3.19. The first-order valence-corrected chi connectivity index (χ1v) is 6.85. The standard InChI is InChI=1S/C13H13BrF2O4/c14-8-3-4-10(9(5-8)7-1-2-7)20-11(12(17)18)6-19-13(15)16/h3-5,7,11,13H,1-2,6H2,(H,17,18)/t11-/m0/s1. The molecule has 1 saturated carbocycles. The van der Waals surface area contributed by atoms with Crippen LogP contribution >= 0.6 is 15.9 Å². The van der Waals surface area contributed by atoms with E-state index in [1.54, 1.807) is 12.1 Å². The van der Waals surface area contributed by atoms with Crippen LogP contribution in [-0.4, -0.2) is 30.4 Å². The Kier molecular flexibility index (Phi) is 4.93. The summed E-state index contributed by atoms with van der Waals surface area (Å²) in [6.45, 7) is -3.72. The molecule has 0 aliphatic heterocycles. The van der Waals surface area contributed by atoms with Crippen molar-refractivity contribution >= 4 is 21.9 Å². The highest BCUT2D eigenvalue weighted by Gasteiger charge is 2.29. The average molecular weight is 351 g/mol. The maximum Gasteiger partial charge on any atom is 0.347 e. The van der Waals surface area contributed by atoms with Crippen LogP contribution in [0.5, 0.6) is 5.75 Å². The SMILES string of the molecule is O=C(O)[C@H](COC(F)F)Oc1ccc(Br)cc1C1CC1. The van der Waals surface area contributed by atoms with E-state index >= 15 is 0 Å². The van der Waals surface area contributed by atoms with Gasteiger partial charge in [-0.3, -0.25) is 0 Å². The Bertz CT molecular complexity index is 491. The number of carboxylic acid groups (broad SMARTS) is 1. The highest BCUT2D eigenvalue weighted by molar-refractivity contribution is 9.10. The lowest BCUT2D eigenvalue weighted by molar-refractivity contribution is -0.165. The number of rotatable bonds is 7. The summed E-state index contributed by atoms with van der Waals surface area (Å²) >= 11 is 3.34. The summed E-state index contributed by atoms with van der Waals surface area (Å²) in [5.74, 6) is -0.593. The minimum atomic E-state index is -3.02. The molecule has 1 aromatic rings. The largest absolute Gasteiger partial charge is 0.478 e. The first-order chi connectivity index (χ1) is 9.47. The van der Waals surface area contributed by atoms with Crippen LogP contribution in [0.2, 0.25) is 0 Å². The van der Waals surface area contributed by atoms with Crippen LogP contribution in [0.1, 0.15) is 24.3 Å². The van der Waals surface area contributed by atoms with Gasteiger partial charge in [-0.1, -0.05) is 15.9 Å². The van der Waals surface area contributed by atoms with Crippen molar-refractivity contribution in [2.75, 3.05) is 6.61 Å². The number of carbonyl (C=O) groups is 1. The summed E-state index contributed by atoms with van der Waals surface area (Å²) in [5.41, 5.74) is 0.891. The zero-order chi connectivity index (χ0) is 14.7. The van der Waals surface area contributed by atoms with E-state index in [0.717, 1.165) is 22.9 Å². The van der Waals surface area contributed by atoms with Crippen molar-refractivity contribution in [3.05, 3.63) is 28.2 Å². The Morgan fingerprint density at radius 2 is 2.15 bits per heavy atom. The molecule has 0 amide bonds. The topological polar surface area (TPSA) is 55.8 Å². The molecule has 7 heteroatoms. The van der Waals surface area contributed by atoms with Gasteiger partial charge in [0.05, 0.1) is 0 Å². The molecule has 0 radical (unpaired) electrons. The van der Waals surface area contributed by atoms with Gasteiger partial charge < -0.3 is 14.6 Å². The van der Waals surface area contributed by atoms with E-state index in [-0.39, 0.29) is 0 Å². The molecule has 0 heterocycles. The van der Waals surface area contributed by atoms with Crippen molar-refractivity contribution in [3.8, 4) is 5.75 Å². The van der Waals surface area contributed by atoms with E-state index in [4.69, 9.17) is 9.84 Å². The molecule has 0 aromatic heterocycles. The normalized spacial score (nSPS) is 16.2. The molecule has 1 N–H and O–H groups in total. The van der Waals surface area contributed by atoms with Crippen LogP contribution in [0.25, 0.3) is 0 Å². The fraction of sp³-hybridized carbons (Fsp3) is 0.462. The number of benzene rings is 1. The molecular formula is C13H13BrF2O4. The molecule has 0 spiro atoms. The van der Waals surface area contributed by atoms with Crippen LogP contribution in [-0.2, 0) is 9.53 Å². The Labute approximate surface area is 122 Å². The molecule has 2 rings (SSSR count). The molecule has 1 atom stereocenters. The predicted molar refractivity (Wildman–Crippen MR) is 70.1 cm³/mol. The number of hydrogen-bond acceptors (Lipinski definition) is 3. The summed E-state index contributed by atoms with van der Waals surface area (Å²) in [4.78, 5) is 11.0. The van der Waals surface area contributed by atoms with E-state index in [9.17, 15) is 13.6 Å². The number of ether oxygens (including phenoxy) is 2. The predicted octanol–water partition coefficient (Wildman–Crippen LogP) is 3.40. The molecule has 0 bridgehead atoms. The number of halogens is 3. The van der Waals surface area contributed by atoms with E-state index in [1.165, 1.54) is 0 Å². The number of alkyl halides is 2. The van der Waals surface area contributed by atoms with Crippen molar-refractivity contribution in [3.63, 3.8) is 0 Å². The number of carboxylic acids is 1. The van der Waals surface area contributed by atoms with Gasteiger partial charge in [0.15, 0.2) is 0 Å². The summed E-state index contributed by atoms with van der Waals surface area (Å²) in [5, 5.41) is 8.99. The van der Waals surface area contributed by atoms with Crippen LogP contribution in [0.4, 0.5) is 8.78 Å². The molecule has 0 unspecified atom stereocenters. The number of hydrogen-bond donors (Lipinski definition) is 1. The first-order valence-electron chi connectivity index (χ1n) is 6.06. The Morgan fingerprint density at radius 3 is 2.70 bits per heavy atom. The second-order valence-electron chi connectivity index (χ2n) is 4.50. The highest BCUT2D eigenvalue weighted by atomic mass is 79.9. The zero-order valence-corrected chi connectivity index (χ0v) is 12.0. The van der Waals surface area contributed by atoms with Gasteiger partial charge in [0.1, 0.15) is 12.4 Å². The van der Waals surface area contributed by atoms with Crippen LogP contribution < -0.4 is 4.74 Å². The second kappa shape index (κ2) is 6.49. The summed E-state index contributed by atoms with van der Waals surface area (Å²) in [6, 6.07) is 5.21. The van der Waals surface area contributed by atoms with Gasteiger partial charge in [-0.25, -0.2) is 4.79 Å². The van der Waals surface area contributed by atoms with Gasteiger partial charge in [0.2, 0.25) is 6.10 Å². The van der Waals surface area contributed by atoms with Crippen LogP contribution in [0.15, 0.2) is 22.7 Å². The van der Waals surface area contributed by atoms with Gasteiger partial charge >= 0.3 is 12.6 Å². The lowest BCUT2D eigenvalue weighted by Crippen LogP contribution is -2.33. The highest BCUT2D eigenvalue weighted by Crippen LogP contribution is 2.45. The minimum absolute atomic E-state index is 0.341. The summed E-state index contributed by atoms with van der Waals surface area (Å²) in [7, 11) is 0. The maximum absolute atomic E-state index is 12.0. The van der Waals surface area contributed by atoms with Gasteiger partial charge in [0, 0.05) is 4.47 Å². The van der Waals surface area contributed by atoms with E-state index in [0.29, 0.717) is 11.7 Å². The van der Waals surface area contributed by atoms with Gasteiger partial charge in [-0.2, -0.15) is 8.78 Å². The smallest absolute Gasteiger partial charge is 0.347 e. The molecular weight excluding hydrogens is 338 g/mol. The third-order valence-electron chi connectivity index (χ3n) is 2.91. The minimum Gasteiger partial charge on any atom is -0.478 e. The molecule has 1 aliphatic rings. The molecule has 4 nitrogen and oxygen atoms in total. The van der Waals surface area contributed by atoms with Crippen LogP contribution in [0, 0.1) is 0 Å². The van der Waals surface area contributed by atoms with Crippen LogP contribution in [0.3, 0.4) is 0 Å². The van der Waals surface area contributed by atoms with Gasteiger partial charge in [-0.05, 0) is 42.5 Å². The summed E-state index contributed by atoms with van der Waals surface area (Å²) in [6.07, 6.45) is 0.568. The third kappa shape index (κ3) is 4.14. The quantitative estimate of drug-likeness (QED) is 0.818. The van der Waals surface area contributed by atoms with Crippen molar-refractivity contribution < 1.29 is 28.2 Å². The lowest BCUT2D eigenvalue weighted by Gasteiger charge is -2.17. The van der Waals surface area contributed by atoms with E-state index in [2.05, 4.69) is 20.7 Å². The van der Waals surface area contributed by atoms with E-state index in [1.807, 2.05) is 6.07 Å². The maximum atomic E-state index is 12.0. The Hall–Kier alpha value is -1.21. The van der Waals surface area contributed by atoms with Gasteiger partial charge in [0.25, 0.3) is 0 Å². The fourth-order valence-electron chi connectivity index (χ4n) is 1.81. The fourth-order valence-corrected chi connectivity index (χ4v) is 2.19. The summed E-state index contributed by atoms with van der Waals surface area (Å²) < 4.78 is 34.2. The van der Waals surface area contributed by atoms with Crippen molar-refractivity contribution in [1.82, 2.24) is 0 Å². The zero-order valence-electron chi connectivity index (χ0n) is 10.4. The lowest BCUT2D eigenvalue weighted by atomic mass is 10.1. The number of aliphatic carboxylic acids is 1. The van der Waals surface area contributed by atoms with E-state index < -0.39 is 25.3 Å². The monoisotopic (exact) mass is 350 g/mol. The molecule has 1 fully saturated rings. The molecule has 1 aliphatic carbocycles. The second-order valence-corrected chi connectivity index (χ2v) is 5.41. The molecule has 20 heavy (non-hydrogen) atoms. The Morgan fingerprint density at radius 1 is 1.45 bits per heavy atom. The van der Waals surface area contributed by atoms with Crippen molar-refractivity contribution in [1.29, 1.82) is 0 Å². The Balaban J connectivity index is 2.11. The first kappa shape index (κ1) is 15.2. The molecule has 0 saturated heterocycles. The van der Waals surface area contributed by atoms with Crippen molar-refractivity contribution in [2.45, 2.75) is 31.5 Å². The van der Waals surface area contributed by atoms with Gasteiger partial charge in [-0.15, -0.1) is 0 Å². The van der Waals surface area contributed by atoms with Crippen molar-refractivity contribution in [2.24, 2.45) is 0 Å². The molecule has 110 valence electrons. The molecule has 1 aromatic carbocycles.